The van der Waals surface area contributed by atoms with E-state index in [-0.39, 0.29) is 6.61 Å². The summed E-state index contributed by atoms with van der Waals surface area (Å²) in [6.45, 7) is 0.237. The minimum Gasteiger partial charge on any atom is -0.491 e. The summed E-state index contributed by atoms with van der Waals surface area (Å²) in [6, 6.07) is 11.2. The van der Waals surface area contributed by atoms with Crippen LogP contribution in [0.25, 0.3) is 11.2 Å². The second kappa shape index (κ2) is 7.00. The number of aromatic amines is 1. The van der Waals surface area contributed by atoms with Crippen LogP contribution in [-0.4, -0.2) is 38.5 Å². The van der Waals surface area contributed by atoms with Gasteiger partial charge in [0.2, 0.25) is 0 Å². The average Bonchev–Trinajstić information content (AvgIpc) is 2.94. The molecule has 0 amide bonds. The molecule has 0 bridgehead atoms. The number of thioether (sulfide) groups is 1. The molecule has 0 aliphatic heterocycles. The number of imidazole rings is 1. The third-order valence-electron chi connectivity index (χ3n) is 2.88. The minimum atomic E-state index is -0.588. The van der Waals surface area contributed by atoms with Crippen LogP contribution < -0.4 is 4.74 Å². The molecule has 0 fully saturated rings. The van der Waals surface area contributed by atoms with Crippen molar-refractivity contribution in [3.05, 3.63) is 47.6 Å². The number of aliphatic hydroxyl groups is 1. The first-order valence-corrected chi connectivity index (χ1v) is 8.07. The van der Waals surface area contributed by atoms with Gasteiger partial charge in [-0.3, -0.25) is 0 Å². The number of rotatable bonds is 6. The number of para-hydroxylation sites is 1. The number of hydrogen-bond donors (Lipinski definition) is 2. The van der Waals surface area contributed by atoms with Crippen molar-refractivity contribution in [2.75, 3.05) is 12.4 Å². The Balaban J connectivity index is 1.52. The second-order valence-electron chi connectivity index (χ2n) is 4.66. The van der Waals surface area contributed by atoms with E-state index in [1.54, 1.807) is 12.3 Å². The highest BCUT2D eigenvalue weighted by Gasteiger charge is 2.10. The van der Waals surface area contributed by atoms with E-state index in [0.29, 0.717) is 21.6 Å². The third kappa shape index (κ3) is 3.91. The Morgan fingerprint density at radius 2 is 2.14 bits per heavy atom. The fraction of sp³-hybridized carbons (Fsp3) is 0.200. The molecule has 1 aromatic carbocycles. The maximum Gasteiger partial charge on any atom is 0.178 e. The summed E-state index contributed by atoms with van der Waals surface area (Å²) in [6.07, 6.45) is 0.969. The van der Waals surface area contributed by atoms with Crippen LogP contribution in [0.1, 0.15) is 0 Å². The second-order valence-corrected chi connectivity index (χ2v) is 6.10. The van der Waals surface area contributed by atoms with Gasteiger partial charge >= 0.3 is 0 Å². The predicted octanol–water partition coefficient (Wildman–Crippen LogP) is 3.14. The monoisotopic (exact) mass is 335 g/mol. The number of nitrogens with zero attached hydrogens (tertiary/aromatic N) is 2. The number of halogens is 1. The standard InChI is InChI=1S/C15H14ClN3O2S/c16-10-6-13-14(17-7-10)19-15(18-13)22-9-11(20)8-21-12-4-2-1-3-5-12/h1-7,11,20H,8-9H2,(H,17,18,19). The summed E-state index contributed by atoms with van der Waals surface area (Å²) < 4.78 is 5.51. The minimum absolute atomic E-state index is 0.237. The van der Waals surface area contributed by atoms with Crippen molar-refractivity contribution in [3.63, 3.8) is 0 Å². The van der Waals surface area contributed by atoms with Crippen LogP contribution in [-0.2, 0) is 0 Å². The zero-order valence-electron chi connectivity index (χ0n) is 11.6. The summed E-state index contributed by atoms with van der Waals surface area (Å²) in [4.78, 5) is 11.6. The molecule has 1 unspecified atom stereocenters. The number of nitrogens with one attached hydrogen (secondary N) is 1. The normalized spacial score (nSPS) is 12.5. The molecular formula is C15H14ClN3O2S. The van der Waals surface area contributed by atoms with Crippen LogP contribution in [0.5, 0.6) is 5.75 Å². The Kier molecular flexibility index (Phi) is 4.82. The molecule has 0 aliphatic rings. The number of aliphatic hydroxyl groups excluding tert-OH is 1. The Hall–Kier alpha value is -1.76. The number of aromatic nitrogens is 3. The van der Waals surface area contributed by atoms with Crippen LogP contribution in [0.15, 0.2) is 47.8 Å². The lowest BCUT2D eigenvalue weighted by Crippen LogP contribution is -2.20. The van der Waals surface area contributed by atoms with E-state index in [2.05, 4.69) is 15.0 Å². The molecule has 2 aromatic heterocycles. The molecule has 22 heavy (non-hydrogen) atoms. The van der Waals surface area contributed by atoms with E-state index in [9.17, 15) is 5.11 Å². The quantitative estimate of drug-likeness (QED) is 0.677. The first-order valence-electron chi connectivity index (χ1n) is 6.71. The fourth-order valence-electron chi connectivity index (χ4n) is 1.85. The third-order valence-corrected chi connectivity index (χ3v) is 4.11. The lowest BCUT2D eigenvalue weighted by atomic mass is 10.3. The van der Waals surface area contributed by atoms with Crippen molar-refractivity contribution in [3.8, 4) is 5.75 Å². The molecule has 7 heteroatoms. The summed E-state index contributed by atoms with van der Waals surface area (Å²) in [5.41, 5.74) is 1.40. The van der Waals surface area contributed by atoms with Gasteiger partial charge in [0.25, 0.3) is 0 Å². The average molecular weight is 336 g/mol. The Bertz CT molecular complexity index is 751. The molecule has 0 radical (unpaired) electrons. The zero-order valence-corrected chi connectivity index (χ0v) is 13.1. The lowest BCUT2D eigenvalue weighted by molar-refractivity contribution is 0.126. The van der Waals surface area contributed by atoms with Crippen molar-refractivity contribution in [1.29, 1.82) is 0 Å². The van der Waals surface area contributed by atoms with Gasteiger partial charge in [-0.1, -0.05) is 41.6 Å². The van der Waals surface area contributed by atoms with Crippen LogP contribution in [0.2, 0.25) is 5.02 Å². The van der Waals surface area contributed by atoms with Gasteiger partial charge in [-0.2, -0.15) is 0 Å². The molecule has 3 aromatic rings. The maximum atomic E-state index is 9.97. The largest absolute Gasteiger partial charge is 0.491 e. The number of pyridine rings is 1. The SMILES string of the molecule is OC(COc1ccccc1)CSc1nc2ncc(Cl)cc2[nH]1. The Morgan fingerprint density at radius 3 is 2.95 bits per heavy atom. The molecule has 0 aliphatic carbocycles. The van der Waals surface area contributed by atoms with Crippen molar-refractivity contribution in [1.82, 2.24) is 15.0 Å². The number of benzene rings is 1. The van der Waals surface area contributed by atoms with Crippen LogP contribution in [0.3, 0.4) is 0 Å². The van der Waals surface area contributed by atoms with E-state index in [1.807, 2.05) is 30.3 Å². The molecule has 0 saturated heterocycles. The van der Waals surface area contributed by atoms with Gasteiger partial charge in [0.15, 0.2) is 10.8 Å². The molecule has 1 atom stereocenters. The van der Waals surface area contributed by atoms with Crippen molar-refractivity contribution < 1.29 is 9.84 Å². The van der Waals surface area contributed by atoms with Crippen LogP contribution in [0, 0.1) is 0 Å². The van der Waals surface area contributed by atoms with Crippen molar-refractivity contribution >= 4 is 34.5 Å². The number of ether oxygens (including phenoxy) is 1. The predicted molar refractivity (Wildman–Crippen MR) is 87.6 cm³/mol. The highest BCUT2D eigenvalue weighted by Crippen LogP contribution is 2.21. The van der Waals surface area contributed by atoms with Gasteiger partial charge in [0, 0.05) is 11.9 Å². The maximum absolute atomic E-state index is 9.97. The molecule has 0 spiro atoms. The van der Waals surface area contributed by atoms with Crippen LogP contribution >= 0.6 is 23.4 Å². The smallest absolute Gasteiger partial charge is 0.178 e. The molecule has 2 heterocycles. The molecule has 5 nitrogen and oxygen atoms in total. The summed E-state index contributed by atoms with van der Waals surface area (Å²) in [5, 5.41) is 11.2. The van der Waals surface area contributed by atoms with Gasteiger partial charge in [-0.05, 0) is 18.2 Å². The van der Waals surface area contributed by atoms with E-state index < -0.39 is 6.10 Å². The van der Waals surface area contributed by atoms with Gasteiger partial charge < -0.3 is 14.8 Å². The topological polar surface area (TPSA) is 71.0 Å². The summed E-state index contributed by atoms with van der Waals surface area (Å²) in [5.74, 6) is 1.22. The highest BCUT2D eigenvalue weighted by molar-refractivity contribution is 7.99. The van der Waals surface area contributed by atoms with Gasteiger partial charge in [-0.15, -0.1) is 0 Å². The van der Waals surface area contributed by atoms with Gasteiger partial charge in [0.05, 0.1) is 16.6 Å². The number of hydrogen-bond acceptors (Lipinski definition) is 5. The van der Waals surface area contributed by atoms with Gasteiger partial charge in [-0.25, -0.2) is 9.97 Å². The first kappa shape index (κ1) is 15.1. The fourth-order valence-corrected chi connectivity index (χ4v) is 2.79. The lowest BCUT2D eigenvalue weighted by Gasteiger charge is -2.11. The molecule has 2 N–H and O–H groups in total. The molecule has 114 valence electrons. The van der Waals surface area contributed by atoms with E-state index in [4.69, 9.17) is 16.3 Å². The summed E-state index contributed by atoms with van der Waals surface area (Å²) in [7, 11) is 0. The van der Waals surface area contributed by atoms with Crippen LogP contribution in [0.4, 0.5) is 0 Å². The molecule has 0 saturated carbocycles. The van der Waals surface area contributed by atoms with Crippen molar-refractivity contribution in [2.45, 2.75) is 11.3 Å². The molecule has 3 rings (SSSR count). The summed E-state index contributed by atoms with van der Waals surface area (Å²) >= 11 is 7.30. The highest BCUT2D eigenvalue weighted by atomic mass is 35.5. The van der Waals surface area contributed by atoms with Crippen molar-refractivity contribution in [2.24, 2.45) is 0 Å². The Labute approximate surface area is 136 Å². The number of fused-ring (bicyclic) bond motifs is 1. The van der Waals surface area contributed by atoms with E-state index >= 15 is 0 Å². The van der Waals surface area contributed by atoms with Gasteiger partial charge in [0.1, 0.15) is 12.4 Å². The molecular weight excluding hydrogens is 322 g/mol. The zero-order chi connectivity index (χ0) is 15.4. The first-order chi connectivity index (χ1) is 10.7. The van der Waals surface area contributed by atoms with E-state index in [0.717, 1.165) is 11.3 Å². The number of H-pyrrole nitrogens is 1. The van der Waals surface area contributed by atoms with E-state index in [1.165, 1.54) is 11.8 Å². The Morgan fingerprint density at radius 1 is 1.32 bits per heavy atom.